The van der Waals surface area contributed by atoms with Crippen molar-refractivity contribution < 1.29 is 31.1 Å². The van der Waals surface area contributed by atoms with Crippen LogP contribution in [0.2, 0.25) is 0 Å². The monoisotopic (exact) mass is 537 g/mol. The van der Waals surface area contributed by atoms with E-state index in [9.17, 15) is 22.0 Å². The van der Waals surface area contributed by atoms with E-state index in [4.69, 9.17) is 21.8 Å². The molecule has 0 aliphatic carbocycles. The summed E-state index contributed by atoms with van der Waals surface area (Å²) >= 11 is 5.27. The highest BCUT2D eigenvalue weighted by molar-refractivity contribution is 7.90. The van der Waals surface area contributed by atoms with Crippen molar-refractivity contribution in [2.75, 3.05) is 5.32 Å². The number of benzene rings is 3. The number of ether oxygens (including phenoxy) is 1. The van der Waals surface area contributed by atoms with E-state index in [-0.39, 0.29) is 33.2 Å². The Morgan fingerprint density at radius 2 is 1.83 bits per heavy atom. The molecule has 188 valence electrons. The number of carbonyl (C=O) groups excluding carboxylic acids is 1. The number of nitriles is 1. The van der Waals surface area contributed by atoms with E-state index >= 15 is 4.39 Å². The van der Waals surface area contributed by atoms with Crippen LogP contribution in [0.25, 0.3) is 0 Å². The van der Waals surface area contributed by atoms with Gasteiger partial charge in [-0.15, -0.1) is 4.24 Å². The van der Waals surface area contributed by atoms with Gasteiger partial charge in [0.05, 0.1) is 23.7 Å². The molecular weight excluding hydrogens is 519 g/mol. The number of amides is 1. The Balaban J connectivity index is 1.91. The van der Waals surface area contributed by atoms with Crippen LogP contribution in [-0.2, 0) is 27.7 Å². The van der Waals surface area contributed by atoms with E-state index in [1.807, 2.05) is 0 Å². The number of halogens is 4. The molecule has 0 aromatic heterocycles. The van der Waals surface area contributed by atoms with Crippen molar-refractivity contribution in [2.24, 2.45) is 0 Å². The summed E-state index contributed by atoms with van der Waals surface area (Å²) in [6.07, 6.45) is -3.03. The van der Waals surface area contributed by atoms with Crippen molar-refractivity contribution in [3.63, 3.8) is 0 Å². The molecule has 0 bridgehead atoms. The number of nitrogens with one attached hydrogen (secondary N) is 2. The molecule has 0 aliphatic heterocycles. The Kier molecular flexibility index (Phi) is 8.57. The average Bonchev–Trinajstić information content (AvgIpc) is 2.86. The number of hydrogen-bond donors (Lipinski definition) is 2. The fourth-order valence-electron chi connectivity index (χ4n) is 3.36. The normalized spacial score (nSPS) is 11.2. The third-order valence-electron chi connectivity index (χ3n) is 5.07. The van der Waals surface area contributed by atoms with Crippen LogP contribution in [0.15, 0.2) is 59.5 Å². The van der Waals surface area contributed by atoms with Crippen LogP contribution < -0.4 is 14.3 Å². The Labute approximate surface area is 210 Å². The van der Waals surface area contributed by atoms with Crippen LogP contribution in [0.3, 0.4) is 0 Å². The second-order valence-corrected chi connectivity index (χ2v) is 9.55. The van der Waals surface area contributed by atoms with Gasteiger partial charge in [-0.05, 0) is 54.1 Å². The zero-order valence-electron chi connectivity index (χ0n) is 18.7. The van der Waals surface area contributed by atoms with Crippen LogP contribution in [0.1, 0.15) is 35.6 Å². The minimum Gasteiger partial charge on any atom is -0.454 e. The Bertz CT molecular complexity index is 1440. The smallest absolute Gasteiger partial charge is 0.264 e. The average molecular weight is 538 g/mol. The number of nitrogens with zero attached hydrogens (tertiary/aromatic N) is 1. The number of sulfonamides is 1. The van der Waals surface area contributed by atoms with Crippen LogP contribution in [0, 0.1) is 17.1 Å². The predicted octanol–water partition coefficient (Wildman–Crippen LogP) is 5.60. The first-order valence-electron chi connectivity index (χ1n) is 10.4. The summed E-state index contributed by atoms with van der Waals surface area (Å²) in [5.41, 5.74) is -0.288. The van der Waals surface area contributed by atoms with Gasteiger partial charge in [0.1, 0.15) is 10.6 Å². The molecule has 0 heterocycles. The number of anilines is 1. The Hall–Kier alpha value is -3.59. The molecule has 0 unspecified atom stereocenters. The summed E-state index contributed by atoms with van der Waals surface area (Å²) < 4.78 is 73.2. The lowest BCUT2D eigenvalue weighted by Crippen LogP contribution is -2.20. The highest BCUT2D eigenvalue weighted by atomic mass is 35.5. The fourth-order valence-corrected chi connectivity index (χ4v) is 4.36. The maximum absolute atomic E-state index is 15.4. The van der Waals surface area contributed by atoms with Gasteiger partial charge in [0.25, 0.3) is 16.4 Å². The molecule has 36 heavy (non-hydrogen) atoms. The highest BCUT2D eigenvalue weighted by Crippen LogP contribution is 2.34. The summed E-state index contributed by atoms with van der Waals surface area (Å²) in [7, 11) is -4.09. The quantitative estimate of drug-likeness (QED) is 0.345. The SMILES string of the molecule is CCc1ccc(CC(=O)Nc2ccccc2S(=O)(=O)NCl)c(F)c1Oc1cc(C#N)cc(C(F)F)c1. The molecule has 0 atom stereocenters. The molecule has 3 aromatic carbocycles. The fraction of sp³-hybridized carbons (Fsp3) is 0.167. The molecule has 0 fully saturated rings. The molecule has 2 N–H and O–H groups in total. The molecule has 0 aliphatic rings. The van der Waals surface area contributed by atoms with Crippen LogP contribution in [0.4, 0.5) is 18.9 Å². The van der Waals surface area contributed by atoms with E-state index in [0.717, 1.165) is 12.1 Å². The third-order valence-corrected chi connectivity index (χ3v) is 6.82. The molecular formula is C24H19ClF3N3O4S. The van der Waals surface area contributed by atoms with Gasteiger partial charge >= 0.3 is 0 Å². The maximum atomic E-state index is 15.4. The van der Waals surface area contributed by atoms with E-state index in [0.29, 0.717) is 12.0 Å². The molecule has 3 rings (SSSR count). The summed E-state index contributed by atoms with van der Waals surface area (Å²) in [6, 6.07) is 13.4. The third kappa shape index (κ3) is 6.15. The zero-order valence-corrected chi connectivity index (χ0v) is 20.3. The summed E-state index contributed by atoms with van der Waals surface area (Å²) in [6.45, 7) is 1.73. The van der Waals surface area contributed by atoms with E-state index < -0.39 is 40.2 Å². The second-order valence-electron chi connectivity index (χ2n) is 7.49. The number of hydrogen-bond acceptors (Lipinski definition) is 5. The minimum atomic E-state index is -4.09. The predicted molar refractivity (Wildman–Crippen MR) is 127 cm³/mol. The highest BCUT2D eigenvalue weighted by Gasteiger charge is 2.21. The summed E-state index contributed by atoms with van der Waals surface area (Å²) in [5.74, 6) is -2.05. The van der Waals surface area contributed by atoms with Gasteiger partial charge in [-0.1, -0.05) is 31.2 Å². The number of carbonyl (C=O) groups is 1. The van der Waals surface area contributed by atoms with E-state index in [2.05, 4.69) is 5.32 Å². The topological polar surface area (TPSA) is 108 Å². The number of aryl methyl sites for hydroxylation is 1. The largest absolute Gasteiger partial charge is 0.454 e. The van der Waals surface area contributed by atoms with E-state index in [1.165, 1.54) is 42.5 Å². The lowest BCUT2D eigenvalue weighted by Gasteiger charge is -2.15. The Morgan fingerprint density at radius 3 is 2.47 bits per heavy atom. The first kappa shape index (κ1) is 27.0. The standard InChI is InChI=1S/C24H19ClF3N3O4S/c1-2-15-7-8-16(12-21(32)30-19-5-3-4-6-20(19)36(33,34)31-25)22(26)23(15)35-18-10-14(13-29)9-17(11-18)24(27)28/h3-11,24,31H,2,12H2,1H3,(H,30,32). The first-order chi connectivity index (χ1) is 17.1. The molecule has 3 aromatic rings. The molecule has 0 saturated heterocycles. The summed E-state index contributed by atoms with van der Waals surface area (Å²) in [4.78, 5) is 12.4. The molecule has 12 heteroatoms. The van der Waals surface area contributed by atoms with Crippen molar-refractivity contribution in [2.45, 2.75) is 31.1 Å². The van der Waals surface area contributed by atoms with Crippen molar-refractivity contribution in [3.8, 4) is 17.6 Å². The maximum Gasteiger partial charge on any atom is 0.264 e. The van der Waals surface area contributed by atoms with Gasteiger partial charge in [0, 0.05) is 11.1 Å². The number of rotatable bonds is 9. The van der Waals surface area contributed by atoms with Crippen molar-refractivity contribution in [1.82, 2.24) is 4.24 Å². The molecule has 7 nitrogen and oxygen atoms in total. The summed E-state index contributed by atoms with van der Waals surface area (Å²) in [5, 5.41) is 11.5. The van der Waals surface area contributed by atoms with Crippen LogP contribution in [-0.4, -0.2) is 14.3 Å². The van der Waals surface area contributed by atoms with Gasteiger partial charge < -0.3 is 10.1 Å². The van der Waals surface area contributed by atoms with Gasteiger partial charge in [0.15, 0.2) is 11.6 Å². The Morgan fingerprint density at radius 1 is 1.14 bits per heavy atom. The lowest BCUT2D eigenvalue weighted by molar-refractivity contribution is -0.115. The minimum absolute atomic E-state index is 0.0643. The van der Waals surface area contributed by atoms with Gasteiger partial charge in [0.2, 0.25) is 5.91 Å². The van der Waals surface area contributed by atoms with Crippen LogP contribution >= 0.6 is 11.8 Å². The molecule has 0 saturated carbocycles. The molecule has 0 radical (unpaired) electrons. The van der Waals surface area contributed by atoms with Gasteiger partial charge in [-0.3, -0.25) is 4.79 Å². The van der Waals surface area contributed by atoms with Crippen molar-refractivity contribution in [1.29, 1.82) is 5.26 Å². The number of para-hydroxylation sites is 1. The zero-order chi connectivity index (χ0) is 26.5. The van der Waals surface area contributed by atoms with Crippen LogP contribution in [0.5, 0.6) is 11.5 Å². The number of alkyl halides is 2. The second kappa shape index (κ2) is 11.4. The van der Waals surface area contributed by atoms with Crippen molar-refractivity contribution >= 4 is 33.4 Å². The van der Waals surface area contributed by atoms with Crippen molar-refractivity contribution in [3.05, 3.63) is 82.7 Å². The molecule has 0 spiro atoms. The first-order valence-corrected chi connectivity index (χ1v) is 12.3. The van der Waals surface area contributed by atoms with E-state index in [1.54, 1.807) is 17.2 Å². The lowest BCUT2D eigenvalue weighted by atomic mass is 10.0. The van der Waals surface area contributed by atoms with Gasteiger partial charge in [-0.25, -0.2) is 21.6 Å². The van der Waals surface area contributed by atoms with Gasteiger partial charge in [-0.2, -0.15) is 5.26 Å². The molecule has 1 amide bonds.